The van der Waals surface area contributed by atoms with Crippen molar-refractivity contribution in [3.63, 3.8) is 0 Å². The van der Waals surface area contributed by atoms with Crippen molar-refractivity contribution in [2.45, 2.75) is 63.5 Å². The zero-order valence-electron chi connectivity index (χ0n) is 26.8. The normalized spacial score (nSPS) is 19.3. The second kappa shape index (κ2) is 12.9. The number of hydrogen-bond donors (Lipinski definition) is 3. The van der Waals surface area contributed by atoms with E-state index in [2.05, 4.69) is 35.2 Å². The summed E-state index contributed by atoms with van der Waals surface area (Å²) in [7, 11) is 0. The van der Waals surface area contributed by atoms with Crippen LogP contribution in [-0.4, -0.2) is 52.1 Å². The van der Waals surface area contributed by atoms with Gasteiger partial charge in [-0.25, -0.2) is 0 Å². The Kier molecular flexibility index (Phi) is 8.67. The number of hydrogen-bond acceptors (Lipinski definition) is 8. The Morgan fingerprint density at radius 2 is 1.72 bits per heavy atom. The summed E-state index contributed by atoms with van der Waals surface area (Å²) in [4.78, 5) is 27.2. The zero-order valence-corrected chi connectivity index (χ0v) is 26.8. The van der Waals surface area contributed by atoms with E-state index in [4.69, 9.17) is 21.0 Å². The minimum absolute atomic E-state index is 0.0835. The predicted molar refractivity (Wildman–Crippen MR) is 179 cm³/mol. The summed E-state index contributed by atoms with van der Waals surface area (Å²) in [5, 5.41) is 22.2. The van der Waals surface area contributed by atoms with Crippen LogP contribution in [0.2, 0.25) is 0 Å². The Bertz CT molecular complexity index is 1820. The SMILES string of the molecule is C=C(N)c1ccc2c(c1)CCc1cc(C(N)=O)ccc1C2(C[C@@H](C)NCC(=O)N1CCCC1C#N)c1nnc(-c2ccc(C)cc2)o1. The molecule has 2 aliphatic rings. The number of aromatic nitrogens is 2. The summed E-state index contributed by atoms with van der Waals surface area (Å²) in [6.07, 6.45) is 3.25. The fourth-order valence-electron chi connectivity index (χ4n) is 7.04. The van der Waals surface area contributed by atoms with Crippen LogP contribution < -0.4 is 16.8 Å². The zero-order chi connectivity index (χ0) is 33.3. The van der Waals surface area contributed by atoms with E-state index in [0.717, 1.165) is 45.4 Å². The first-order chi connectivity index (χ1) is 22.6. The van der Waals surface area contributed by atoms with E-state index < -0.39 is 17.4 Å². The summed E-state index contributed by atoms with van der Waals surface area (Å²) >= 11 is 0. The number of carbonyl (C=O) groups excluding carboxylic acids is 2. The summed E-state index contributed by atoms with van der Waals surface area (Å²) < 4.78 is 6.62. The molecule has 0 radical (unpaired) electrons. The number of nitriles is 1. The lowest BCUT2D eigenvalue weighted by Crippen LogP contribution is -2.45. The summed E-state index contributed by atoms with van der Waals surface area (Å²) in [5.41, 5.74) is 18.4. The number of likely N-dealkylation sites (tertiary alicyclic amines) is 1. The molecular weight excluding hydrogens is 590 g/mol. The highest BCUT2D eigenvalue weighted by Crippen LogP contribution is 2.48. The van der Waals surface area contributed by atoms with Crippen molar-refractivity contribution in [1.29, 1.82) is 5.26 Å². The molecule has 10 heteroatoms. The lowest BCUT2D eigenvalue weighted by Gasteiger charge is -2.36. The first-order valence-corrected chi connectivity index (χ1v) is 16.0. The molecule has 4 aromatic rings. The van der Waals surface area contributed by atoms with Crippen molar-refractivity contribution in [1.82, 2.24) is 20.4 Å². The maximum atomic E-state index is 13.2. The van der Waals surface area contributed by atoms with E-state index in [1.54, 1.807) is 11.0 Å². The molecule has 1 saturated heterocycles. The number of nitrogens with one attached hydrogen (secondary N) is 1. The van der Waals surface area contributed by atoms with Crippen molar-refractivity contribution < 1.29 is 14.0 Å². The van der Waals surface area contributed by atoms with E-state index in [1.807, 2.05) is 56.3 Å². The molecule has 2 heterocycles. The monoisotopic (exact) mass is 629 g/mol. The van der Waals surface area contributed by atoms with Crippen LogP contribution in [-0.2, 0) is 23.1 Å². The highest BCUT2D eigenvalue weighted by Gasteiger charge is 2.47. The summed E-state index contributed by atoms with van der Waals surface area (Å²) in [6.45, 7) is 8.67. The number of benzene rings is 3. The molecule has 10 nitrogen and oxygen atoms in total. The van der Waals surface area contributed by atoms with Crippen LogP contribution in [0.4, 0.5) is 0 Å². The first-order valence-electron chi connectivity index (χ1n) is 16.0. The fraction of sp³-hybridized carbons (Fsp3) is 0.324. The molecule has 5 N–H and O–H groups in total. The lowest BCUT2D eigenvalue weighted by molar-refractivity contribution is -0.130. The average Bonchev–Trinajstić information content (AvgIpc) is 3.74. The maximum absolute atomic E-state index is 13.2. The second-order valence-corrected chi connectivity index (χ2v) is 12.7. The second-order valence-electron chi connectivity index (χ2n) is 12.7. The highest BCUT2D eigenvalue weighted by atomic mass is 16.4. The maximum Gasteiger partial charge on any atom is 0.248 e. The molecular formula is C37H39N7O3. The number of nitrogens with zero attached hydrogens (tertiary/aromatic N) is 4. The molecule has 3 atom stereocenters. The van der Waals surface area contributed by atoms with Crippen molar-refractivity contribution >= 4 is 17.5 Å². The van der Waals surface area contributed by atoms with Crippen molar-refractivity contribution in [2.24, 2.45) is 11.5 Å². The molecule has 240 valence electrons. The van der Waals surface area contributed by atoms with Crippen molar-refractivity contribution in [3.05, 3.63) is 112 Å². The fourth-order valence-corrected chi connectivity index (χ4v) is 7.04. The van der Waals surface area contributed by atoms with Gasteiger partial charge in [-0.05, 0) is 104 Å². The number of amides is 2. The smallest absolute Gasteiger partial charge is 0.248 e. The Hall–Kier alpha value is -5.27. The van der Waals surface area contributed by atoms with Crippen LogP contribution in [0.1, 0.15) is 75.8 Å². The molecule has 47 heavy (non-hydrogen) atoms. The van der Waals surface area contributed by atoms with Gasteiger partial charge in [-0.3, -0.25) is 9.59 Å². The Morgan fingerprint density at radius 3 is 2.36 bits per heavy atom. The summed E-state index contributed by atoms with van der Waals surface area (Å²) in [6, 6.07) is 21.1. The van der Waals surface area contributed by atoms with Crippen molar-refractivity contribution in [2.75, 3.05) is 13.1 Å². The lowest BCUT2D eigenvalue weighted by atomic mass is 9.68. The highest BCUT2D eigenvalue weighted by molar-refractivity contribution is 5.93. The van der Waals surface area contributed by atoms with Gasteiger partial charge in [0.2, 0.25) is 23.6 Å². The summed E-state index contributed by atoms with van der Waals surface area (Å²) in [5.74, 6) is 0.174. The van der Waals surface area contributed by atoms with Gasteiger partial charge in [0.15, 0.2) is 0 Å². The Balaban J connectivity index is 1.49. The number of aryl methyl sites for hydroxylation is 3. The average molecular weight is 630 g/mol. The molecule has 2 amide bonds. The van der Waals surface area contributed by atoms with Gasteiger partial charge in [-0.15, -0.1) is 10.2 Å². The number of nitrogens with two attached hydrogens (primary N) is 2. The largest absolute Gasteiger partial charge is 0.419 e. The minimum atomic E-state index is -0.972. The number of primary amides is 1. The molecule has 0 spiro atoms. The Labute approximate surface area is 274 Å². The van der Waals surface area contributed by atoms with Crippen LogP contribution in [0.3, 0.4) is 0 Å². The number of carbonyl (C=O) groups is 2. The molecule has 6 rings (SSSR count). The van der Waals surface area contributed by atoms with E-state index >= 15 is 0 Å². The van der Waals surface area contributed by atoms with E-state index in [-0.39, 0.29) is 18.5 Å². The predicted octanol–water partition coefficient (Wildman–Crippen LogP) is 4.39. The quantitative estimate of drug-likeness (QED) is 0.245. The van der Waals surface area contributed by atoms with E-state index in [0.29, 0.717) is 55.3 Å². The van der Waals surface area contributed by atoms with Crippen LogP contribution >= 0.6 is 0 Å². The molecule has 1 aliphatic heterocycles. The molecule has 1 aromatic heterocycles. The van der Waals surface area contributed by atoms with E-state index in [9.17, 15) is 14.9 Å². The van der Waals surface area contributed by atoms with Gasteiger partial charge in [-0.2, -0.15) is 5.26 Å². The van der Waals surface area contributed by atoms with Gasteiger partial charge >= 0.3 is 0 Å². The van der Waals surface area contributed by atoms with Gasteiger partial charge in [0.05, 0.1) is 12.6 Å². The van der Waals surface area contributed by atoms with Crippen molar-refractivity contribution in [3.8, 4) is 17.5 Å². The van der Waals surface area contributed by atoms with Gasteiger partial charge in [0.25, 0.3) is 0 Å². The van der Waals surface area contributed by atoms with Crippen LogP contribution in [0.5, 0.6) is 0 Å². The van der Waals surface area contributed by atoms with Gasteiger partial charge in [-0.1, -0.05) is 42.5 Å². The molecule has 2 unspecified atom stereocenters. The molecule has 3 aromatic carbocycles. The van der Waals surface area contributed by atoms with Gasteiger partial charge < -0.3 is 26.1 Å². The molecule has 1 fully saturated rings. The van der Waals surface area contributed by atoms with Gasteiger partial charge in [0, 0.05) is 29.4 Å². The molecule has 0 bridgehead atoms. The van der Waals surface area contributed by atoms with Crippen LogP contribution in [0.25, 0.3) is 17.2 Å². The first kappa shape index (κ1) is 31.7. The van der Waals surface area contributed by atoms with Crippen LogP contribution in [0, 0.1) is 18.3 Å². The molecule has 0 saturated carbocycles. The standard InChI is InChI=1S/C37H39N7O3/c1-22-6-8-25(9-7-22)35-42-43-36(47-35)37(19-23(2)41-21-33(45)44-16-4-5-30(44)20-38)31-14-12-26(24(3)39)17-27(31)10-11-28-18-29(34(40)46)13-15-32(28)37/h6-9,12-15,17-18,23,30,41H,3-5,10-11,16,19,21,39H2,1-2H3,(H2,40,46)/t23-,30?,37?/m1/s1. The third-order valence-corrected chi connectivity index (χ3v) is 9.47. The van der Waals surface area contributed by atoms with Crippen LogP contribution in [0.15, 0.2) is 71.7 Å². The number of fused-ring (bicyclic) bond motifs is 2. The van der Waals surface area contributed by atoms with Gasteiger partial charge in [0.1, 0.15) is 11.5 Å². The topological polar surface area (TPSA) is 164 Å². The third kappa shape index (κ3) is 6.02. The minimum Gasteiger partial charge on any atom is -0.419 e. The van der Waals surface area contributed by atoms with E-state index in [1.165, 1.54) is 0 Å². The Morgan fingerprint density at radius 1 is 1.06 bits per heavy atom. The number of rotatable bonds is 9. The molecule has 1 aliphatic carbocycles. The third-order valence-electron chi connectivity index (χ3n) is 9.47.